The second-order valence-electron chi connectivity index (χ2n) is 8.12. The largest absolute Gasteiger partial charge is 0.462 e. The van der Waals surface area contributed by atoms with Gasteiger partial charge in [-0.05, 0) is 53.8 Å². The third kappa shape index (κ3) is 7.30. The average Bonchev–Trinajstić information content (AvgIpc) is 2.82. The number of hydrogen-bond acceptors (Lipinski definition) is 3. The molecule has 1 aromatic heterocycles. The van der Waals surface area contributed by atoms with Crippen LogP contribution in [0.15, 0.2) is 66.9 Å². The van der Waals surface area contributed by atoms with Gasteiger partial charge >= 0.3 is 5.97 Å². The monoisotopic (exact) mass is 433 g/mol. The molecular weight excluding hydrogens is 401 g/mol. The number of esters is 1. The zero-order valence-electron chi connectivity index (χ0n) is 18.9. The van der Waals surface area contributed by atoms with E-state index in [1.54, 1.807) is 12.3 Å². The number of carbonyl (C=O) groups is 1. The zero-order valence-corrected chi connectivity index (χ0v) is 18.9. The van der Waals surface area contributed by atoms with Crippen molar-refractivity contribution in [2.24, 2.45) is 0 Å². The fourth-order valence-corrected chi connectivity index (χ4v) is 3.71. The lowest BCUT2D eigenvalue weighted by Crippen LogP contribution is -2.10. The predicted octanol–water partition coefficient (Wildman–Crippen LogP) is 7.19. The van der Waals surface area contributed by atoms with Gasteiger partial charge in [-0.25, -0.2) is 9.18 Å². The molecule has 168 valence electrons. The van der Waals surface area contributed by atoms with Crippen molar-refractivity contribution in [3.63, 3.8) is 0 Å². The number of carbonyl (C=O) groups excluding carboxylic acids is 1. The molecule has 0 saturated heterocycles. The van der Waals surface area contributed by atoms with Gasteiger partial charge in [-0.2, -0.15) is 0 Å². The van der Waals surface area contributed by atoms with Crippen LogP contribution >= 0.6 is 0 Å². The highest BCUT2D eigenvalue weighted by Gasteiger charge is 2.14. The van der Waals surface area contributed by atoms with Gasteiger partial charge in [-0.3, -0.25) is 4.98 Å². The molecule has 0 fully saturated rings. The van der Waals surface area contributed by atoms with Crippen molar-refractivity contribution >= 4 is 5.97 Å². The summed E-state index contributed by atoms with van der Waals surface area (Å²) in [5.41, 5.74) is 3.77. The van der Waals surface area contributed by atoms with Crippen LogP contribution in [0.4, 0.5) is 4.39 Å². The van der Waals surface area contributed by atoms with Crippen molar-refractivity contribution in [2.75, 3.05) is 6.61 Å². The Kier molecular flexibility index (Phi) is 9.42. The van der Waals surface area contributed by atoms with Crippen molar-refractivity contribution in [1.82, 2.24) is 4.98 Å². The smallest absolute Gasteiger partial charge is 0.341 e. The Hall–Kier alpha value is -3.01. The summed E-state index contributed by atoms with van der Waals surface area (Å²) < 4.78 is 19.8. The minimum absolute atomic E-state index is 0.0468. The van der Waals surface area contributed by atoms with Crippen LogP contribution in [0.2, 0.25) is 0 Å². The summed E-state index contributed by atoms with van der Waals surface area (Å²) in [4.78, 5) is 16.4. The SMILES string of the molecule is CCCCCCCCc1ccc(-c2ccc(C(=O)OCCc3ccccn3)c(F)c2)cc1. The number of hydrogen-bond donors (Lipinski definition) is 0. The minimum atomic E-state index is -0.653. The van der Waals surface area contributed by atoms with Crippen LogP contribution in [0.5, 0.6) is 0 Å². The van der Waals surface area contributed by atoms with E-state index in [1.165, 1.54) is 56.2 Å². The topological polar surface area (TPSA) is 39.2 Å². The molecule has 0 radical (unpaired) electrons. The maximum atomic E-state index is 14.6. The lowest BCUT2D eigenvalue weighted by atomic mass is 10.00. The van der Waals surface area contributed by atoms with E-state index in [9.17, 15) is 9.18 Å². The Labute approximate surface area is 190 Å². The Morgan fingerprint density at radius 3 is 2.34 bits per heavy atom. The van der Waals surface area contributed by atoms with Crippen LogP contribution in [-0.4, -0.2) is 17.6 Å². The van der Waals surface area contributed by atoms with E-state index in [0.717, 1.165) is 23.2 Å². The van der Waals surface area contributed by atoms with E-state index in [4.69, 9.17) is 4.74 Å². The number of rotatable bonds is 12. The van der Waals surface area contributed by atoms with Crippen molar-refractivity contribution < 1.29 is 13.9 Å². The number of aryl methyl sites for hydroxylation is 1. The Balaban J connectivity index is 1.51. The first-order valence-corrected chi connectivity index (χ1v) is 11.6. The van der Waals surface area contributed by atoms with Crippen LogP contribution in [-0.2, 0) is 17.6 Å². The third-order valence-electron chi connectivity index (χ3n) is 5.61. The molecule has 2 aromatic carbocycles. The van der Waals surface area contributed by atoms with Gasteiger partial charge in [0.1, 0.15) is 5.82 Å². The summed E-state index contributed by atoms with van der Waals surface area (Å²) in [6.45, 7) is 2.40. The molecule has 32 heavy (non-hydrogen) atoms. The molecule has 1 heterocycles. The molecule has 0 saturated carbocycles. The lowest BCUT2D eigenvalue weighted by Gasteiger charge is -2.08. The van der Waals surface area contributed by atoms with Crippen molar-refractivity contribution in [1.29, 1.82) is 0 Å². The molecule has 0 aliphatic carbocycles. The van der Waals surface area contributed by atoms with Gasteiger partial charge in [0.25, 0.3) is 0 Å². The molecular formula is C28H32FNO2. The van der Waals surface area contributed by atoms with Crippen LogP contribution in [0.25, 0.3) is 11.1 Å². The molecule has 3 aromatic rings. The first-order valence-electron chi connectivity index (χ1n) is 11.6. The number of unbranched alkanes of at least 4 members (excludes halogenated alkanes) is 5. The molecule has 0 amide bonds. The number of pyridine rings is 1. The fraction of sp³-hybridized carbons (Fsp3) is 0.357. The number of benzene rings is 2. The second kappa shape index (κ2) is 12.7. The molecule has 0 spiro atoms. The molecule has 0 aliphatic rings. The lowest BCUT2D eigenvalue weighted by molar-refractivity contribution is 0.0503. The summed E-state index contributed by atoms with van der Waals surface area (Å²) in [6.07, 6.45) is 11.0. The standard InChI is InChI=1S/C28H32FNO2/c1-2-3-4-5-6-7-10-22-12-14-23(15-13-22)24-16-17-26(27(29)21-24)28(31)32-20-18-25-11-8-9-19-30-25/h8-9,11-17,19,21H,2-7,10,18,20H2,1H3. The summed E-state index contributed by atoms with van der Waals surface area (Å²) in [6, 6.07) is 18.5. The summed E-state index contributed by atoms with van der Waals surface area (Å²) in [5, 5.41) is 0. The molecule has 0 unspecified atom stereocenters. The highest BCUT2D eigenvalue weighted by Crippen LogP contribution is 2.23. The van der Waals surface area contributed by atoms with Crippen LogP contribution in [0.3, 0.4) is 0 Å². The Morgan fingerprint density at radius 1 is 0.875 bits per heavy atom. The Morgan fingerprint density at radius 2 is 1.62 bits per heavy atom. The second-order valence-corrected chi connectivity index (χ2v) is 8.12. The van der Waals surface area contributed by atoms with Gasteiger partial charge in [-0.1, -0.05) is 75.4 Å². The van der Waals surface area contributed by atoms with Crippen LogP contribution < -0.4 is 0 Å². The van der Waals surface area contributed by atoms with Gasteiger partial charge < -0.3 is 4.74 Å². The summed E-state index contributed by atoms with van der Waals surface area (Å²) >= 11 is 0. The van der Waals surface area contributed by atoms with Gasteiger partial charge in [0.2, 0.25) is 0 Å². The molecule has 0 N–H and O–H groups in total. The minimum Gasteiger partial charge on any atom is -0.462 e. The molecule has 0 bridgehead atoms. The highest BCUT2D eigenvalue weighted by atomic mass is 19.1. The first kappa shape index (κ1) is 23.6. The number of ether oxygens (including phenoxy) is 1. The van der Waals surface area contributed by atoms with Gasteiger partial charge in [0.15, 0.2) is 0 Å². The van der Waals surface area contributed by atoms with E-state index in [1.807, 2.05) is 30.3 Å². The number of nitrogens with zero attached hydrogens (tertiary/aromatic N) is 1. The molecule has 0 atom stereocenters. The third-order valence-corrected chi connectivity index (χ3v) is 5.61. The van der Waals surface area contributed by atoms with Gasteiger partial charge in [-0.15, -0.1) is 0 Å². The van der Waals surface area contributed by atoms with Crippen LogP contribution in [0, 0.1) is 5.82 Å². The van der Waals surface area contributed by atoms with Crippen molar-refractivity contribution in [3.05, 3.63) is 89.5 Å². The maximum Gasteiger partial charge on any atom is 0.341 e. The van der Waals surface area contributed by atoms with Crippen LogP contribution in [0.1, 0.15) is 67.1 Å². The fourth-order valence-electron chi connectivity index (χ4n) is 3.71. The Bertz CT molecular complexity index is 970. The molecule has 0 aliphatic heterocycles. The van der Waals surface area contributed by atoms with E-state index in [-0.39, 0.29) is 12.2 Å². The van der Waals surface area contributed by atoms with Gasteiger partial charge in [0, 0.05) is 18.3 Å². The normalized spacial score (nSPS) is 10.8. The molecule has 3 nitrogen and oxygen atoms in total. The predicted molar refractivity (Wildman–Crippen MR) is 127 cm³/mol. The molecule has 4 heteroatoms. The number of aromatic nitrogens is 1. The van der Waals surface area contributed by atoms with Crippen molar-refractivity contribution in [3.8, 4) is 11.1 Å². The van der Waals surface area contributed by atoms with Crippen molar-refractivity contribution in [2.45, 2.75) is 58.3 Å². The highest BCUT2D eigenvalue weighted by molar-refractivity contribution is 5.90. The quantitative estimate of drug-likeness (QED) is 0.224. The first-order chi connectivity index (χ1) is 15.7. The van der Waals surface area contributed by atoms with E-state index in [2.05, 4.69) is 24.0 Å². The summed E-state index contributed by atoms with van der Waals surface area (Å²) in [7, 11) is 0. The molecule has 3 rings (SSSR count). The van der Waals surface area contributed by atoms with E-state index in [0.29, 0.717) is 6.42 Å². The average molecular weight is 434 g/mol. The summed E-state index contributed by atoms with van der Waals surface area (Å²) in [5.74, 6) is -1.22. The van der Waals surface area contributed by atoms with E-state index < -0.39 is 11.8 Å². The van der Waals surface area contributed by atoms with E-state index >= 15 is 0 Å². The number of halogens is 1. The maximum absolute atomic E-state index is 14.6. The zero-order chi connectivity index (χ0) is 22.6. The van der Waals surface area contributed by atoms with Gasteiger partial charge in [0.05, 0.1) is 12.2 Å².